The number of aromatic nitrogens is 8. The summed E-state index contributed by atoms with van der Waals surface area (Å²) in [6, 6.07) is 38.5. The lowest BCUT2D eigenvalue weighted by Crippen LogP contribution is -2.45. The van der Waals surface area contributed by atoms with E-state index in [1.165, 1.54) is 11.1 Å². The summed E-state index contributed by atoms with van der Waals surface area (Å²) in [5.74, 6) is 6.00. The Hall–Kier alpha value is -11.9. The summed E-state index contributed by atoms with van der Waals surface area (Å²) >= 11 is 0. The number of nitrogens with zero attached hydrogens (tertiary/aromatic N) is 13. The van der Waals surface area contributed by atoms with E-state index in [0.29, 0.717) is 111 Å². The number of hydrogen-bond acceptors (Lipinski definition) is 23. The van der Waals surface area contributed by atoms with Crippen molar-refractivity contribution < 1.29 is 43.0 Å². The fourth-order valence-electron chi connectivity index (χ4n) is 17.9. The monoisotopic (exact) mass is 1720 g/mol. The molecule has 4 aromatic carbocycles. The molecular weight excluding hydrogens is 1590 g/mol. The van der Waals surface area contributed by atoms with Crippen molar-refractivity contribution >= 4 is 34.0 Å². The first-order chi connectivity index (χ1) is 61.1. The van der Waals surface area contributed by atoms with Crippen LogP contribution in [0.3, 0.4) is 0 Å². The Kier molecular flexibility index (Phi) is 30.9. The third-order valence-electron chi connectivity index (χ3n) is 25.3. The predicted octanol–water partition coefficient (Wildman–Crippen LogP) is 14.1. The van der Waals surface area contributed by atoms with Crippen LogP contribution in [0.4, 0.5) is 11.4 Å². The Morgan fingerprint density at radius 3 is 1.03 bits per heavy atom. The SMILES string of the molecule is CCN(CC)C1CCN(c2cc(C)c3nc(-c4ccc(OC)c(OC)c4)cc(=O)n3c2)CC1.CCc1cc(C2CCN(C)CC2)cn2c(=O)cc(-c3ccc(OC)c(OC)c3)nc12.CCc1cc(C2CCN(CC)CC2)cn2c(=O)cc(-c3ccc(OC)c(OC)c3)nc12.COc1ccc(-c2cc(=O)n3cc(N4CCC(NCCO)CC4)cc(C)c3n2)cc1OC. The van der Waals surface area contributed by atoms with E-state index in [1.54, 1.807) is 98.7 Å². The minimum Gasteiger partial charge on any atom is -0.493 e. The molecule has 12 heterocycles. The van der Waals surface area contributed by atoms with E-state index in [0.717, 1.165) is 203 Å². The topological polar surface area (TPSA) is 260 Å². The van der Waals surface area contributed by atoms with E-state index in [4.69, 9.17) is 62.9 Å². The molecule has 4 fully saturated rings. The fourth-order valence-corrected chi connectivity index (χ4v) is 17.9. The van der Waals surface area contributed by atoms with Crippen LogP contribution in [-0.4, -0.2) is 218 Å². The predicted molar refractivity (Wildman–Crippen MR) is 500 cm³/mol. The van der Waals surface area contributed by atoms with E-state index < -0.39 is 0 Å². The number of nitrogens with one attached hydrogen (secondary N) is 1. The maximum atomic E-state index is 13.1. The molecule has 126 heavy (non-hydrogen) atoms. The number of pyridine rings is 4. The van der Waals surface area contributed by atoms with Crippen molar-refractivity contribution in [2.24, 2.45) is 0 Å². The van der Waals surface area contributed by atoms with Crippen molar-refractivity contribution in [3.63, 3.8) is 0 Å². The van der Waals surface area contributed by atoms with Crippen molar-refractivity contribution in [1.29, 1.82) is 0 Å². The van der Waals surface area contributed by atoms with Gasteiger partial charge in [0.1, 0.15) is 22.6 Å². The zero-order chi connectivity index (χ0) is 89.4. The quantitative estimate of drug-likeness (QED) is 0.0539. The molecule has 4 saturated heterocycles. The Balaban J connectivity index is 0.000000144. The second kappa shape index (κ2) is 42.4. The molecule has 4 aliphatic heterocycles. The van der Waals surface area contributed by atoms with Gasteiger partial charge in [0.15, 0.2) is 46.0 Å². The average molecular weight is 1720 g/mol. The lowest BCUT2D eigenvalue weighted by molar-refractivity contribution is 0.186. The highest BCUT2D eigenvalue weighted by Gasteiger charge is 2.28. The number of hydrogen-bond donors (Lipinski definition) is 2. The highest BCUT2D eigenvalue weighted by molar-refractivity contribution is 5.72. The zero-order valence-corrected chi connectivity index (χ0v) is 76.1. The lowest BCUT2D eigenvalue weighted by atomic mass is 9.89. The van der Waals surface area contributed by atoms with Crippen molar-refractivity contribution in [2.45, 2.75) is 137 Å². The van der Waals surface area contributed by atoms with Crippen LogP contribution in [0.25, 0.3) is 67.6 Å². The van der Waals surface area contributed by atoms with Gasteiger partial charge in [0.25, 0.3) is 22.2 Å². The van der Waals surface area contributed by atoms with Gasteiger partial charge in [-0.25, -0.2) is 19.9 Å². The molecule has 0 amide bonds. The van der Waals surface area contributed by atoms with E-state index in [1.807, 2.05) is 111 Å². The Morgan fingerprint density at radius 1 is 0.389 bits per heavy atom. The first-order valence-electron chi connectivity index (χ1n) is 44.2. The largest absolute Gasteiger partial charge is 0.493 e. The van der Waals surface area contributed by atoms with Crippen LogP contribution in [0.15, 0.2) is 165 Å². The third-order valence-corrected chi connectivity index (χ3v) is 25.3. The van der Waals surface area contributed by atoms with Crippen LogP contribution in [0.1, 0.15) is 131 Å². The number of fused-ring (bicyclic) bond motifs is 4. The second-order valence-corrected chi connectivity index (χ2v) is 32.7. The summed E-state index contributed by atoms with van der Waals surface area (Å²) in [5, 5.41) is 12.4. The fraction of sp³-hybridized carbons (Fsp3) is 0.434. The molecule has 668 valence electrons. The maximum absolute atomic E-state index is 13.1. The summed E-state index contributed by atoms with van der Waals surface area (Å²) in [7, 11) is 15.0. The molecule has 27 heteroatoms. The van der Waals surface area contributed by atoms with Crippen molar-refractivity contribution in [3.8, 4) is 91.0 Å². The molecular formula is C99H124N14O13. The van der Waals surface area contributed by atoms with Crippen LogP contribution in [0.5, 0.6) is 46.0 Å². The molecule has 0 atom stereocenters. The second-order valence-electron chi connectivity index (χ2n) is 32.7. The number of piperidine rings is 4. The molecule has 8 aromatic heterocycles. The van der Waals surface area contributed by atoms with E-state index in [9.17, 15) is 19.2 Å². The molecule has 0 bridgehead atoms. The molecule has 12 aromatic rings. The van der Waals surface area contributed by atoms with Crippen LogP contribution in [0, 0.1) is 13.8 Å². The van der Waals surface area contributed by atoms with Crippen molar-refractivity contribution in [3.05, 3.63) is 221 Å². The Labute approximate surface area is 738 Å². The number of ether oxygens (including phenoxy) is 8. The number of methoxy groups -OCH3 is 8. The minimum absolute atomic E-state index is 0.0580. The van der Waals surface area contributed by atoms with Crippen molar-refractivity contribution in [1.82, 2.24) is 57.6 Å². The first-order valence-corrected chi connectivity index (χ1v) is 44.2. The Bertz CT molecular complexity index is 6030. The number of aliphatic hydroxyl groups is 1. The van der Waals surface area contributed by atoms with Gasteiger partial charge in [-0.05, 0) is 261 Å². The van der Waals surface area contributed by atoms with Gasteiger partial charge in [-0.2, -0.15) is 0 Å². The summed E-state index contributed by atoms with van der Waals surface area (Å²) < 4.78 is 49.7. The Morgan fingerprint density at radius 2 is 0.714 bits per heavy atom. The number of benzene rings is 4. The smallest absolute Gasteiger partial charge is 0.258 e. The van der Waals surface area contributed by atoms with Gasteiger partial charge < -0.3 is 72.8 Å². The van der Waals surface area contributed by atoms with E-state index in [2.05, 4.69) is 95.7 Å². The molecule has 0 unspecified atom stereocenters. The molecule has 0 saturated carbocycles. The average Bonchev–Trinajstić information content (AvgIpc) is 0.770. The van der Waals surface area contributed by atoms with Crippen LogP contribution >= 0.6 is 0 Å². The standard InChI is InChI=1S/C26H34N4O3.C25H31N3O3.C24H30N4O4.C24H29N3O3/c1-6-28(7-2)20-10-12-29(13-11-20)21-14-18(3)26-27-22(16-25(31)30(26)17-21)19-8-9-23(32-4)24(15-19)33-5;1-5-17-13-20(18-9-11-27(6-2)12-10-18)16-28-24(29)15-21(26-25(17)28)19-7-8-22(30-3)23(14-19)31-4;1-16-12-19(27-9-6-18(7-10-27)25-8-11-29)15-28-23(30)14-20(26-24(16)28)17-4-5-21(31-2)22(13-17)32-3;1-5-16-12-19(17-8-10-26(2)11-9-17)15-27-23(28)14-20(25-24(16)27)18-6-7-21(29-3)22(13-18)30-4/h8-9,14-17,20H,6-7,10-13H2,1-5H3;7-8,13-16,18H,5-6,9-12H2,1-4H3;4-5,12-15,18,25,29H,6-11H2,1-3H3;6-7,12-15,17H,5,8-11H2,1-4H3. The van der Waals surface area contributed by atoms with Gasteiger partial charge >= 0.3 is 0 Å². The summed E-state index contributed by atoms with van der Waals surface area (Å²) in [6.07, 6.45) is 18.3. The van der Waals surface area contributed by atoms with Gasteiger partial charge in [0.2, 0.25) is 0 Å². The normalized spacial score (nSPS) is 15.1. The maximum Gasteiger partial charge on any atom is 0.258 e. The van der Waals surface area contributed by atoms with Gasteiger partial charge in [0.05, 0.1) is 97.6 Å². The number of anilines is 2. The van der Waals surface area contributed by atoms with Gasteiger partial charge in [-0.15, -0.1) is 0 Å². The number of likely N-dealkylation sites (tertiary alicyclic amines) is 2. The van der Waals surface area contributed by atoms with Crippen LogP contribution in [0.2, 0.25) is 0 Å². The van der Waals surface area contributed by atoms with Gasteiger partial charge in [0, 0.05) is 116 Å². The summed E-state index contributed by atoms with van der Waals surface area (Å²) in [4.78, 5) is 83.7. The molecule has 27 nitrogen and oxygen atoms in total. The molecule has 0 spiro atoms. The van der Waals surface area contributed by atoms with Gasteiger partial charge in [-0.3, -0.25) is 36.8 Å². The zero-order valence-electron chi connectivity index (χ0n) is 76.1. The van der Waals surface area contributed by atoms with E-state index >= 15 is 0 Å². The highest BCUT2D eigenvalue weighted by atomic mass is 16.5. The van der Waals surface area contributed by atoms with Gasteiger partial charge in [-0.1, -0.05) is 46.8 Å². The van der Waals surface area contributed by atoms with Crippen LogP contribution in [-0.2, 0) is 12.8 Å². The molecule has 16 rings (SSSR count). The molecule has 4 aliphatic rings. The highest BCUT2D eigenvalue weighted by Crippen LogP contribution is 2.39. The molecule has 0 radical (unpaired) electrons. The first kappa shape index (κ1) is 91.8. The molecule has 0 aliphatic carbocycles. The number of aryl methyl sites for hydroxylation is 4. The third kappa shape index (κ3) is 20.8. The minimum atomic E-state index is -0.121. The van der Waals surface area contributed by atoms with E-state index in [-0.39, 0.29) is 28.8 Å². The van der Waals surface area contributed by atoms with Crippen molar-refractivity contribution in [2.75, 3.05) is 159 Å². The number of rotatable bonds is 25. The lowest BCUT2D eigenvalue weighted by Gasteiger charge is -2.38. The molecule has 2 N–H and O–H groups in total. The summed E-state index contributed by atoms with van der Waals surface area (Å²) in [6.45, 7) is 27.2. The number of aliphatic hydroxyl groups excluding tert-OH is 1. The summed E-state index contributed by atoms with van der Waals surface area (Å²) in [5.41, 5.74) is 17.0. The van der Waals surface area contributed by atoms with Crippen LogP contribution < -0.4 is 75.2 Å².